The topological polar surface area (TPSA) is 88.4 Å². The summed E-state index contributed by atoms with van der Waals surface area (Å²) in [5, 5.41) is 11.7. The number of para-hydroxylation sites is 1. The van der Waals surface area contributed by atoms with Gasteiger partial charge in [0.25, 0.3) is 5.91 Å². The van der Waals surface area contributed by atoms with Crippen LogP contribution in [-0.2, 0) is 9.53 Å². The highest BCUT2D eigenvalue weighted by molar-refractivity contribution is 5.98. The predicted octanol–water partition coefficient (Wildman–Crippen LogP) is 3.92. The Balaban J connectivity index is 1.92. The van der Waals surface area contributed by atoms with Crippen LogP contribution in [-0.4, -0.2) is 24.6 Å². The van der Waals surface area contributed by atoms with E-state index in [-0.39, 0.29) is 0 Å². The van der Waals surface area contributed by atoms with E-state index in [4.69, 9.17) is 14.7 Å². The lowest BCUT2D eigenvalue weighted by Crippen LogP contribution is -2.30. The van der Waals surface area contributed by atoms with Gasteiger partial charge in [0.2, 0.25) is 0 Å². The summed E-state index contributed by atoms with van der Waals surface area (Å²) in [6, 6.07) is 15.2. The molecule has 0 saturated carbocycles. The second kappa shape index (κ2) is 9.97. The number of esters is 1. The van der Waals surface area contributed by atoms with E-state index >= 15 is 0 Å². The van der Waals surface area contributed by atoms with Gasteiger partial charge in [0, 0.05) is 0 Å². The summed E-state index contributed by atoms with van der Waals surface area (Å²) in [5.74, 6) is -0.434. The molecule has 0 aliphatic rings. The van der Waals surface area contributed by atoms with E-state index in [0.717, 1.165) is 12.8 Å². The van der Waals surface area contributed by atoms with Crippen LogP contribution in [0.4, 0.5) is 5.69 Å². The summed E-state index contributed by atoms with van der Waals surface area (Å²) in [5.41, 5.74) is 1.04. The summed E-state index contributed by atoms with van der Waals surface area (Å²) >= 11 is 0. The minimum absolute atomic E-state index is 0.329. The number of carbonyl (C=O) groups excluding carboxylic acids is 2. The SMILES string of the molecule is CCCCOc1ccc(C(=O)O[C@H](C)C(=O)Nc2ccccc2C#N)cc1. The molecule has 0 spiro atoms. The number of hydrogen-bond donors (Lipinski definition) is 1. The van der Waals surface area contributed by atoms with E-state index in [1.807, 2.05) is 6.07 Å². The van der Waals surface area contributed by atoms with Gasteiger partial charge in [0.05, 0.1) is 23.4 Å². The van der Waals surface area contributed by atoms with Gasteiger partial charge in [-0.3, -0.25) is 4.79 Å². The van der Waals surface area contributed by atoms with Crippen LogP contribution in [0.3, 0.4) is 0 Å². The number of unbranched alkanes of at least 4 members (excludes halogenated alkanes) is 1. The first-order valence-electron chi connectivity index (χ1n) is 8.79. The average molecular weight is 366 g/mol. The molecule has 0 bridgehead atoms. The maximum atomic E-state index is 12.2. The number of anilines is 1. The maximum Gasteiger partial charge on any atom is 0.338 e. The van der Waals surface area contributed by atoms with Crippen molar-refractivity contribution >= 4 is 17.6 Å². The second-order valence-corrected chi connectivity index (χ2v) is 5.92. The molecule has 0 aromatic heterocycles. The number of nitriles is 1. The van der Waals surface area contributed by atoms with E-state index in [9.17, 15) is 9.59 Å². The molecule has 6 nitrogen and oxygen atoms in total. The Labute approximate surface area is 158 Å². The van der Waals surface area contributed by atoms with Crippen molar-refractivity contribution in [2.24, 2.45) is 0 Å². The molecule has 2 rings (SSSR count). The standard InChI is InChI=1S/C21H22N2O4/c1-3-4-13-26-18-11-9-16(10-12-18)21(25)27-15(2)20(24)23-19-8-6-5-7-17(19)14-22/h5-12,15H,3-4,13H2,1-2H3,(H,23,24)/t15-/m1/s1. The molecule has 1 atom stereocenters. The fourth-order valence-electron chi connectivity index (χ4n) is 2.23. The minimum atomic E-state index is -1.01. The third-order valence-electron chi connectivity index (χ3n) is 3.82. The van der Waals surface area contributed by atoms with Crippen LogP contribution in [0.1, 0.15) is 42.6 Å². The molecule has 140 valence electrons. The van der Waals surface area contributed by atoms with Gasteiger partial charge in [-0.05, 0) is 49.7 Å². The summed E-state index contributed by atoms with van der Waals surface area (Å²) in [6.07, 6.45) is 0.999. The van der Waals surface area contributed by atoms with Crippen LogP contribution in [0.15, 0.2) is 48.5 Å². The van der Waals surface area contributed by atoms with Gasteiger partial charge in [-0.25, -0.2) is 4.79 Å². The summed E-state index contributed by atoms with van der Waals surface area (Å²) in [6.45, 7) is 4.19. The molecule has 0 aliphatic carbocycles. The van der Waals surface area contributed by atoms with Gasteiger partial charge in [0.15, 0.2) is 6.10 Å². The first kappa shape index (κ1) is 20.0. The van der Waals surface area contributed by atoms with Gasteiger partial charge in [-0.2, -0.15) is 5.26 Å². The molecule has 6 heteroatoms. The summed E-state index contributed by atoms with van der Waals surface area (Å²) in [4.78, 5) is 24.4. The number of nitrogens with one attached hydrogen (secondary N) is 1. The molecule has 0 heterocycles. The lowest BCUT2D eigenvalue weighted by Gasteiger charge is -2.14. The van der Waals surface area contributed by atoms with Gasteiger partial charge < -0.3 is 14.8 Å². The zero-order valence-corrected chi connectivity index (χ0v) is 15.4. The number of amides is 1. The highest BCUT2D eigenvalue weighted by atomic mass is 16.5. The number of ether oxygens (including phenoxy) is 2. The van der Waals surface area contributed by atoms with Crippen LogP contribution >= 0.6 is 0 Å². The van der Waals surface area contributed by atoms with Crippen molar-refractivity contribution in [3.8, 4) is 11.8 Å². The number of carbonyl (C=O) groups is 2. The molecule has 2 aromatic carbocycles. The number of benzene rings is 2. The highest BCUT2D eigenvalue weighted by Gasteiger charge is 2.20. The van der Waals surface area contributed by atoms with Crippen LogP contribution < -0.4 is 10.1 Å². The zero-order valence-electron chi connectivity index (χ0n) is 15.4. The van der Waals surface area contributed by atoms with Crippen molar-refractivity contribution in [1.82, 2.24) is 0 Å². The smallest absolute Gasteiger partial charge is 0.338 e. The van der Waals surface area contributed by atoms with E-state index in [2.05, 4.69) is 12.2 Å². The molecule has 1 N–H and O–H groups in total. The Morgan fingerprint density at radius 3 is 2.52 bits per heavy atom. The Morgan fingerprint density at radius 1 is 1.15 bits per heavy atom. The normalized spacial score (nSPS) is 11.1. The molecule has 1 amide bonds. The first-order valence-corrected chi connectivity index (χ1v) is 8.79. The third-order valence-corrected chi connectivity index (χ3v) is 3.82. The zero-order chi connectivity index (χ0) is 19.6. The van der Waals surface area contributed by atoms with Crippen molar-refractivity contribution in [2.75, 3.05) is 11.9 Å². The van der Waals surface area contributed by atoms with Crippen LogP contribution in [0, 0.1) is 11.3 Å². The minimum Gasteiger partial charge on any atom is -0.494 e. The van der Waals surface area contributed by atoms with Gasteiger partial charge in [-0.15, -0.1) is 0 Å². The molecule has 0 saturated heterocycles. The van der Waals surface area contributed by atoms with Crippen LogP contribution in [0.5, 0.6) is 5.75 Å². The van der Waals surface area contributed by atoms with Crippen molar-refractivity contribution in [3.05, 3.63) is 59.7 Å². The average Bonchev–Trinajstić information content (AvgIpc) is 2.69. The van der Waals surface area contributed by atoms with E-state index < -0.39 is 18.0 Å². The molecule has 27 heavy (non-hydrogen) atoms. The van der Waals surface area contributed by atoms with Gasteiger partial charge in [0.1, 0.15) is 11.8 Å². The van der Waals surface area contributed by atoms with Gasteiger partial charge >= 0.3 is 5.97 Å². The summed E-state index contributed by atoms with van der Waals surface area (Å²) < 4.78 is 10.8. The predicted molar refractivity (Wildman–Crippen MR) is 102 cm³/mol. The van der Waals surface area contributed by atoms with Crippen LogP contribution in [0.2, 0.25) is 0 Å². The molecule has 0 fully saturated rings. The van der Waals surface area contributed by atoms with Crippen molar-refractivity contribution in [1.29, 1.82) is 5.26 Å². The number of nitrogens with zero attached hydrogens (tertiary/aromatic N) is 1. The second-order valence-electron chi connectivity index (χ2n) is 5.92. The molecular formula is C21H22N2O4. The third kappa shape index (κ3) is 5.86. The molecule has 0 unspecified atom stereocenters. The number of hydrogen-bond acceptors (Lipinski definition) is 5. The Kier molecular flexibility index (Phi) is 7.38. The quantitative estimate of drug-likeness (QED) is 0.565. The summed E-state index contributed by atoms with van der Waals surface area (Å²) in [7, 11) is 0. The lowest BCUT2D eigenvalue weighted by molar-refractivity contribution is -0.123. The van der Waals surface area contributed by atoms with E-state index in [1.54, 1.807) is 48.5 Å². The largest absolute Gasteiger partial charge is 0.494 e. The van der Waals surface area contributed by atoms with Crippen LogP contribution in [0.25, 0.3) is 0 Å². The van der Waals surface area contributed by atoms with Crippen molar-refractivity contribution < 1.29 is 19.1 Å². The monoisotopic (exact) mass is 366 g/mol. The van der Waals surface area contributed by atoms with Crippen molar-refractivity contribution in [2.45, 2.75) is 32.8 Å². The molecule has 2 aromatic rings. The molecule has 0 aliphatic heterocycles. The maximum absolute atomic E-state index is 12.2. The van der Waals surface area contributed by atoms with Gasteiger partial charge in [-0.1, -0.05) is 25.5 Å². The van der Waals surface area contributed by atoms with Crippen molar-refractivity contribution in [3.63, 3.8) is 0 Å². The Hall–Kier alpha value is -3.33. The lowest BCUT2D eigenvalue weighted by atomic mass is 10.2. The highest BCUT2D eigenvalue weighted by Crippen LogP contribution is 2.16. The fourth-order valence-corrected chi connectivity index (χ4v) is 2.23. The van der Waals surface area contributed by atoms with E-state index in [1.165, 1.54) is 6.92 Å². The van der Waals surface area contributed by atoms with E-state index in [0.29, 0.717) is 29.2 Å². The molecule has 0 radical (unpaired) electrons. The number of rotatable bonds is 8. The Bertz CT molecular complexity index is 825. The molecular weight excluding hydrogens is 344 g/mol. The Morgan fingerprint density at radius 2 is 1.85 bits per heavy atom. The first-order chi connectivity index (χ1) is 13.0. The fraction of sp³-hybridized carbons (Fsp3) is 0.286.